The van der Waals surface area contributed by atoms with Crippen LogP contribution in [0.15, 0.2) is 60.7 Å². The molecule has 0 radical (unpaired) electrons. The normalized spacial score (nSPS) is 19.7. The van der Waals surface area contributed by atoms with Crippen LogP contribution in [-0.2, 0) is 20.0 Å². The van der Waals surface area contributed by atoms with Gasteiger partial charge in [-0.05, 0) is 68.7 Å². The van der Waals surface area contributed by atoms with Gasteiger partial charge in [0.25, 0.3) is 5.91 Å². The molecule has 7 nitrogen and oxygen atoms in total. The molecule has 10 heteroatoms. The lowest BCUT2D eigenvalue weighted by molar-refractivity contribution is -0.156. The Morgan fingerprint density at radius 1 is 1.05 bits per heavy atom. The highest BCUT2D eigenvalue weighted by Crippen LogP contribution is 2.52. The topological polar surface area (TPSA) is 93.1 Å². The molecule has 2 aliphatic rings. The largest absolute Gasteiger partial charge is 0.481 e. The first-order valence-corrected chi connectivity index (χ1v) is 14.5. The van der Waals surface area contributed by atoms with Gasteiger partial charge in [-0.1, -0.05) is 47.5 Å². The Morgan fingerprint density at radius 3 is 2.21 bits per heavy atom. The van der Waals surface area contributed by atoms with Crippen LogP contribution in [0.25, 0.3) is 0 Å². The van der Waals surface area contributed by atoms with Gasteiger partial charge in [0.15, 0.2) is 5.78 Å². The summed E-state index contributed by atoms with van der Waals surface area (Å²) in [6, 6.07) is 14.4. The Balaban J connectivity index is 1.78. The van der Waals surface area contributed by atoms with Crippen LogP contribution < -0.4 is 0 Å². The van der Waals surface area contributed by atoms with Crippen molar-refractivity contribution in [1.29, 1.82) is 0 Å². The number of hydrogen-bond donors (Lipinski definition) is 1. The number of carbonyl (C=O) groups is 3. The Morgan fingerprint density at radius 2 is 1.64 bits per heavy atom. The molecule has 0 spiro atoms. The van der Waals surface area contributed by atoms with Crippen LogP contribution in [0.5, 0.6) is 0 Å². The van der Waals surface area contributed by atoms with Crippen molar-refractivity contribution in [3.63, 3.8) is 0 Å². The zero-order valence-corrected chi connectivity index (χ0v) is 24.6. The smallest absolute Gasteiger partial charge is 0.305 e. The number of carboxylic acid groups (broad SMARTS) is 1. The molecule has 5 rings (SSSR count). The number of carboxylic acids is 1. The van der Waals surface area contributed by atoms with Gasteiger partial charge in [-0.15, -0.1) is 0 Å². The maximum absolute atomic E-state index is 16.5. The van der Waals surface area contributed by atoms with Crippen LogP contribution in [0.1, 0.15) is 76.6 Å². The summed E-state index contributed by atoms with van der Waals surface area (Å²) in [5, 5.41) is 10.8. The van der Waals surface area contributed by atoms with Crippen LogP contribution in [-0.4, -0.2) is 47.0 Å². The van der Waals surface area contributed by atoms with Crippen molar-refractivity contribution in [2.75, 3.05) is 13.2 Å². The Kier molecular flexibility index (Phi) is 8.71. The predicted octanol–water partition coefficient (Wildman–Crippen LogP) is 7.04. The summed E-state index contributed by atoms with van der Waals surface area (Å²) < 4.78 is 28.4. The molecule has 220 valence electrons. The number of hydrogen-bond acceptors (Lipinski definition) is 5. The van der Waals surface area contributed by atoms with E-state index in [-0.39, 0.29) is 28.4 Å². The van der Waals surface area contributed by atoms with E-state index in [1.54, 1.807) is 62.4 Å². The molecule has 1 saturated heterocycles. The minimum Gasteiger partial charge on any atom is -0.481 e. The third-order valence-corrected chi connectivity index (χ3v) is 8.17. The summed E-state index contributed by atoms with van der Waals surface area (Å²) in [6.07, 6.45) is -0.0474. The van der Waals surface area contributed by atoms with Gasteiger partial charge in [0, 0.05) is 40.3 Å². The molecule has 0 aromatic heterocycles. The minimum atomic E-state index is -1.88. The highest BCUT2D eigenvalue weighted by Gasteiger charge is 2.57. The van der Waals surface area contributed by atoms with E-state index in [1.165, 1.54) is 11.0 Å². The van der Waals surface area contributed by atoms with E-state index in [2.05, 4.69) is 0 Å². The second-order valence-corrected chi connectivity index (χ2v) is 11.7. The Hall–Kier alpha value is -3.30. The third kappa shape index (κ3) is 5.56. The summed E-state index contributed by atoms with van der Waals surface area (Å²) in [4.78, 5) is 41.5. The van der Waals surface area contributed by atoms with Crippen LogP contribution >= 0.6 is 23.2 Å². The fraction of sp³-hybridized carbons (Fsp3) is 0.344. The highest BCUT2D eigenvalue weighted by atomic mass is 35.5. The first-order valence-electron chi connectivity index (χ1n) is 13.7. The molecule has 1 amide bonds. The summed E-state index contributed by atoms with van der Waals surface area (Å²) in [6.45, 7) is 4.34. The summed E-state index contributed by atoms with van der Waals surface area (Å²) >= 11 is 12.3. The van der Waals surface area contributed by atoms with E-state index in [9.17, 15) is 19.5 Å². The predicted molar refractivity (Wildman–Crippen MR) is 155 cm³/mol. The van der Waals surface area contributed by atoms with Crippen LogP contribution in [0.4, 0.5) is 4.39 Å². The molecular formula is C32H30Cl2FNO6. The molecule has 2 atom stereocenters. The lowest BCUT2D eigenvalue weighted by Gasteiger charge is -2.44. The number of Topliss-reactive ketones (excluding diaryl/α,β-unsaturated/α-hetero) is 1. The molecule has 0 bridgehead atoms. The van der Waals surface area contributed by atoms with Gasteiger partial charge in [0.2, 0.25) is 5.72 Å². The lowest BCUT2D eigenvalue weighted by Crippen LogP contribution is -2.50. The summed E-state index contributed by atoms with van der Waals surface area (Å²) in [5.41, 5.74) is -1.12. The van der Waals surface area contributed by atoms with Gasteiger partial charge >= 0.3 is 5.97 Å². The van der Waals surface area contributed by atoms with Crippen molar-refractivity contribution >= 4 is 40.9 Å². The van der Waals surface area contributed by atoms with Gasteiger partial charge in [-0.3, -0.25) is 19.3 Å². The quantitative estimate of drug-likeness (QED) is 0.260. The van der Waals surface area contributed by atoms with Crippen LogP contribution in [0.2, 0.25) is 10.0 Å². The van der Waals surface area contributed by atoms with Crippen LogP contribution in [0, 0.1) is 11.7 Å². The summed E-state index contributed by atoms with van der Waals surface area (Å²) in [7, 11) is 0. The average molecular weight is 614 g/mol. The molecule has 0 aliphatic carbocycles. The van der Waals surface area contributed by atoms with Crippen LogP contribution in [0.3, 0.4) is 0 Å². The van der Waals surface area contributed by atoms with Crippen molar-refractivity contribution in [1.82, 2.24) is 4.90 Å². The number of aliphatic carboxylic acids is 1. The van der Waals surface area contributed by atoms with Crippen molar-refractivity contribution < 1.29 is 33.4 Å². The molecule has 1 N–H and O–H groups in total. The van der Waals surface area contributed by atoms with Gasteiger partial charge < -0.3 is 14.6 Å². The number of amides is 1. The second kappa shape index (κ2) is 12.1. The highest BCUT2D eigenvalue weighted by molar-refractivity contribution is 6.30. The molecule has 2 heterocycles. The number of ketones is 1. The second-order valence-electron chi connectivity index (χ2n) is 10.8. The van der Waals surface area contributed by atoms with Crippen molar-refractivity contribution in [2.45, 2.75) is 51.0 Å². The van der Waals surface area contributed by atoms with E-state index in [4.69, 9.17) is 32.7 Å². The maximum atomic E-state index is 16.5. The zero-order chi connectivity index (χ0) is 30.2. The van der Waals surface area contributed by atoms with Crippen molar-refractivity contribution in [3.8, 4) is 0 Å². The van der Waals surface area contributed by atoms with E-state index < -0.39 is 42.0 Å². The monoisotopic (exact) mass is 613 g/mol. The van der Waals surface area contributed by atoms with E-state index in [0.29, 0.717) is 47.2 Å². The number of benzene rings is 3. The molecule has 42 heavy (non-hydrogen) atoms. The number of nitrogens with zero attached hydrogens (tertiary/aromatic N) is 1. The van der Waals surface area contributed by atoms with Gasteiger partial charge in [0.1, 0.15) is 5.82 Å². The molecule has 1 unspecified atom stereocenters. The maximum Gasteiger partial charge on any atom is 0.305 e. The Labute approximate surface area is 253 Å². The first-order chi connectivity index (χ1) is 20.0. The molecule has 3 aromatic rings. The zero-order valence-electron chi connectivity index (χ0n) is 23.1. The van der Waals surface area contributed by atoms with E-state index >= 15 is 4.39 Å². The number of halogens is 3. The molecule has 3 aromatic carbocycles. The van der Waals surface area contributed by atoms with Crippen molar-refractivity contribution in [2.24, 2.45) is 5.92 Å². The number of carbonyl (C=O) groups excluding carboxylic acids is 2. The van der Waals surface area contributed by atoms with Crippen molar-refractivity contribution in [3.05, 3.63) is 104 Å². The molecule has 0 saturated carbocycles. The van der Waals surface area contributed by atoms with E-state index in [0.717, 1.165) is 6.07 Å². The third-order valence-electron chi connectivity index (χ3n) is 7.67. The molecule has 2 aliphatic heterocycles. The Bertz CT molecular complexity index is 1500. The first kappa shape index (κ1) is 30.2. The van der Waals surface area contributed by atoms with Gasteiger partial charge in [0.05, 0.1) is 29.7 Å². The fourth-order valence-corrected chi connectivity index (χ4v) is 6.16. The number of rotatable bonds is 9. The van der Waals surface area contributed by atoms with Gasteiger partial charge in [-0.2, -0.15) is 0 Å². The fourth-order valence-electron chi connectivity index (χ4n) is 5.90. The molecular weight excluding hydrogens is 584 g/mol. The summed E-state index contributed by atoms with van der Waals surface area (Å²) in [5.74, 6) is -3.27. The standard InChI is InChI=1S/C32H30Cl2FNO6/c1-18(2)42-32(22-5-9-24(34)10-6-22)29-25(15-21(16-26(29)35)30(39)20-11-13-41-14-12-20)31(40)36(32)27(17-28(37)38)19-3-7-23(33)8-4-19/h3-10,15-16,18,20,27H,11-14,17H2,1-2H3,(H,37,38)/t27?,32-/m1/s1. The number of fused-ring (bicyclic) bond motifs is 1. The lowest BCUT2D eigenvalue weighted by atomic mass is 9.87. The average Bonchev–Trinajstić information content (AvgIpc) is 3.20. The van der Waals surface area contributed by atoms with Gasteiger partial charge in [-0.25, -0.2) is 4.39 Å². The molecule has 1 fully saturated rings. The SMILES string of the molecule is CC(C)O[C@]1(c2ccc(Cl)cc2)c2c(F)cc(C(=O)C3CCOCC3)cc2C(=O)N1C(CC(=O)O)c1ccc(Cl)cc1. The van der Waals surface area contributed by atoms with E-state index in [1.807, 2.05) is 0 Å². The number of ether oxygens (including phenoxy) is 2. The minimum absolute atomic E-state index is 0.0645.